The number of hydrogen-bond acceptors (Lipinski definition) is 4. The first kappa shape index (κ1) is 16.5. The predicted octanol–water partition coefficient (Wildman–Crippen LogP) is 3.06. The molecule has 0 saturated carbocycles. The molecule has 1 amide bonds. The van der Waals surface area contributed by atoms with Gasteiger partial charge < -0.3 is 15.2 Å². The molecule has 0 saturated heterocycles. The molecule has 6 heteroatoms. The highest BCUT2D eigenvalue weighted by atomic mass is 79.9. The monoisotopic (exact) mass is 364 g/mol. The van der Waals surface area contributed by atoms with Crippen LogP contribution in [0.2, 0.25) is 0 Å². The van der Waals surface area contributed by atoms with Gasteiger partial charge in [0, 0.05) is 12.2 Å². The molecule has 0 radical (unpaired) electrons. The molecule has 2 N–H and O–H groups in total. The summed E-state index contributed by atoms with van der Waals surface area (Å²) in [5, 5.41) is 11.6. The zero-order valence-electron chi connectivity index (χ0n) is 12.3. The minimum atomic E-state index is -0.310. The molecule has 0 aliphatic heterocycles. The quantitative estimate of drug-likeness (QED) is 0.855. The smallest absolute Gasteiger partial charge is 0.253 e. The summed E-state index contributed by atoms with van der Waals surface area (Å²) in [6.45, 7) is 3.60. The molecule has 1 heterocycles. The van der Waals surface area contributed by atoms with E-state index in [-0.39, 0.29) is 18.6 Å². The molecule has 116 valence electrons. The maximum absolute atomic E-state index is 11.9. The van der Waals surface area contributed by atoms with Gasteiger partial charge in [-0.3, -0.25) is 4.79 Å². The van der Waals surface area contributed by atoms with Crippen LogP contribution in [0.4, 0.5) is 0 Å². The number of aliphatic hydroxyl groups is 1. The van der Waals surface area contributed by atoms with E-state index in [2.05, 4.69) is 26.2 Å². The molecule has 1 aromatic heterocycles. The van der Waals surface area contributed by atoms with Crippen LogP contribution in [0.1, 0.15) is 22.8 Å². The highest BCUT2D eigenvalue weighted by Gasteiger charge is 2.13. The summed E-state index contributed by atoms with van der Waals surface area (Å²) in [5.74, 6) is 0.761. The molecular weight excluding hydrogens is 348 g/mol. The molecule has 0 aliphatic carbocycles. The number of hydrogen-bond donors (Lipinski definition) is 2. The topological polar surface area (TPSA) is 71.5 Å². The van der Waals surface area contributed by atoms with Gasteiger partial charge in [-0.15, -0.1) is 0 Å². The van der Waals surface area contributed by atoms with Crippen LogP contribution >= 0.6 is 15.9 Å². The van der Waals surface area contributed by atoms with E-state index >= 15 is 0 Å². The molecule has 2 aromatic rings. The highest BCUT2D eigenvalue weighted by molar-refractivity contribution is 9.10. The van der Waals surface area contributed by atoms with Crippen molar-refractivity contribution in [1.82, 2.24) is 10.3 Å². The Balaban J connectivity index is 2.12. The van der Waals surface area contributed by atoms with Gasteiger partial charge in [-0.1, -0.05) is 17.7 Å². The van der Waals surface area contributed by atoms with Gasteiger partial charge in [-0.2, -0.15) is 0 Å². The minimum absolute atomic E-state index is 0.116. The summed E-state index contributed by atoms with van der Waals surface area (Å²) in [6, 6.07) is 8.92. The molecule has 2 rings (SSSR count). The maximum Gasteiger partial charge on any atom is 0.253 e. The molecular formula is C16H17BrN2O3. The number of ether oxygens (including phenoxy) is 1. The van der Waals surface area contributed by atoms with E-state index < -0.39 is 0 Å². The Morgan fingerprint density at radius 3 is 2.68 bits per heavy atom. The number of aryl methyl sites for hydroxylation is 1. The van der Waals surface area contributed by atoms with Crippen LogP contribution < -0.4 is 10.1 Å². The van der Waals surface area contributed by atoms with Crippen molar-refractivity contribution in [3.05, 3.63) is 52.1 Å². The number of amides is 1. The Morgan fingerprint density at radius 2 is 2.09 bits per heavy atom. The number of carbonyl (C=O) groups excluding carboxylic acids is 1. The molecule has 1 atom stereocenters. The second-order valence-electron chi connectivity index (χ2n) is 4.98. The Morgan fingerprint density at radius 1 is 1.41 bits per heavy atom. The van der Waals surface area contributed by atoms with E-state index in [0.29, 0.717) is 21.7 Å². The fourth-order valence-corrected chi connectivity index (χ4v) is 2.13. The van der Waals surface area contributed by atoms with Gasteiger partial charge in [0.25, 0.3) is 5.91 Å². The number of halogens is 1. The van der Waals surface area contributed by atoms with Gasteiger partial charge >= 0.3 is 0 Å². The second kappa shape index (κ2) is 7.38. The summed E-state index contributed by atoms with van der Waals surface area (Å²) in [6.07, 6.45) is 1.44. The Bertz CT molecular complexity index is 659. The average molecular weight is 365 g/mol. The van der Waals surface area contributed by atoms with Crippen LogP contribution in [-0.2, 0) is 0 Å². The zero-order valence-corrected chi connectivity index (χ0v) is 13.9. The standard InChI is InChI=1S/C16H17BrN2O3/c1-10-3-5-13(6-4-10)22-16-14(17)7-12(8-18-16)15(21)19-11(2)9-20/h3-8,11,20H,9H2,1-2H3,(H,19,21). The summed E-state index contributed by atoms with van der Waals surface area (Å²) >= 11 is 3.35. The van der Waals surface area contributed by atoms with Crippen molar-refractivity contribution in [3.8, 4) is 11.6 Å². The zero-order chi connectivity index (χ0) is 16.1. The molecule has 0 aliphatic rings. The van der Waals surface area contributed by atoms with E-state index in [0.717, 1.165) is 5.56 Å². The highest BCUT2D eigenvalue weighted by Crippen LogP contribution is 2.28. The van der Waals surface area contributed by atoms with Gasteiger partial charge in [0.1, 0.15) is 5.75 Å². The van der Waals surface area contributed by atoms with E-state index in [1.807, 2.05) is 31.2 Å². The Kier molecular flexibility index (Phi) is 5.51. The van der Waals surface area contributed by atoms with Crippen molar-refractivity contribution < 1.29 is 14.6 Å². The minimum Gasteiger partial charge on any atom is -0.438 e. The third-order valence-electron chi connectivity index (χ3n) is 2.96. The Hall–Kier alpha value is -1.92. The van der Waals surface area contributed by atoms with E-state index in [1.54, 1.807) is 13.0 Å². The van der Waals surface area contributed by atoms with E-state index in [1.165, 1.54) is 6.20 Å². The van der Waals surface area contributed by atoms with Crippen molar-refractivity contribution in [2.24, 2.45) is 0 Å². The number of nitrogens with one attached hydrogen (secondary N) is 1. The number of pyridine rings is 1. The van der Waals surface area contributed by atoms with E-state index in [4.69, 9.17) is 9.84 Å². The van der Waals surface area contributed by atoms with Crippen LogP contribution in [0.5, 0.6) is 11.6 Å². The first-order chi connectivity index (χ1) is 10.5. The fourth-order valence-electron chi connectivity index (χ4n) is 1.70. The number of aromatic nitrogens is 1. The first-order valence-corrected chi connectivity index (χ1v) is 7.60. The van der Waals surface area contributed by atoms with Gasteiger partial charge in [-0.05, 0) is 48.0 Å². The summed E-state index contributed by atoms with van der Waals surface area (Å²) < 4.78 is 6.25. The Labute approximate surface area is 137 Å². The summed E-state index contributed by atoms with van der Waals surface area (Å²) in [4.78, 5) is 16.1. The van der Waals surface area contributed by atoms with Crippen molar-refractivity contribution >= 4 is 21.8 Å². The lowest BCUT2D eigenvalue weighted by Crippen LogP contribution is -2.35. The first-order valence-electron chi connectivity index (χ1n) is 6.81. The largest absolute Gasteiger partial charge is 0.438 e. The molecule has 5 nitrogen and oxygen atoms in total. The van der Waals surface area contributed by atoms with Gasteiger partial charge in [0.15, 0.2) is 0 Å². The van der Waals surface area contributed by atoms with Crippen molar-refractivity contribution in [1.29, 1.82) is 0 Å². The predicted molar refractivity (Wildman–Crippen MR) is 87.2 cm³/mol. The van der Waals surface area contributed by atoms with Crippen molar-refractivity contribution in [2.75, 3.05) is 6.61 Å². The molecule has 0 bridgehead atoms. The van der Waals surface area contributed by atoms with Crippen molar-refractivity contribution in [2.45, 2.75) is 19.9 Å². The van der Waals surface area contributed by atoms with Gasteiger partial charge in [-0.25, -0.2) is 4.98 Å². The van der Waals surface area contributed by atoms with Gasteiger partial charge in [0.2, 0.25) is 5.88 Å². The number of aliphatic hydroxyl groups excluding tert-OH is 1. The maximum atomic E-state index is 11.9. The van der Waals surface area contributed by atoms with E-state index in [9.17, 15) is 4.79 Å². The van der Waals surface area contributed by atoms with Crippen LogP contribution in [0.15, 0.2) is 41.0 Å². The van der Waals surface area contributed by atoms with Crippen LogP contribution in [0.25, 0.3) is 0 Å². The van der Waals surface area contributed by atoms with Crippen LogP contribution in [0, 0.1) is 6.92 Å². The molecule has 22 heavy (non-hydrogen) atoms. The normalized spacial score (nSPS) is 11.8. The number of rotatable bonds is 5. The van der Waals surface area contributed by atoms with Crippen molar-refractivity contribution in [3.63, 3.8) is 0 Å². The molecule has 1 aromatic carbocycles. The second-order valence-corrected chi connectivity index (χ2v) is 5.84. The molecule has 1 unspecified atom stereocenters. The third kappa shape index (κ3) is 4.29. The van der Waals surface area contributed by atoms with Gasteiger partial charge in [0.05, 0.1) is 16.6 Å². The van der Waals surface area contributed by atoms with Crippen LogP contribution in [-0.4, -0.2) is 28.6 Å². The summed E-state index contributed by atoms with van der Waals surface area (Å²) in [7, 11) is 0. The number of benzene rings is 1. The third-order valence-corrected chi connectivity index (χ3v) is 3.52. The van der Waals surface area contributed by atoms with Crippen LogP contribution in [0.3, 0.4) is 0 Å². The fraction of sp³-hybridized carbons (Fsp3) is 0.250. The average Bonchev–Trinajstić information content (AvgIpc) is 2.51. The summed E-state index contributed by atoms with van der Waals surface area (Å²) in [5.41, 5.74) is 1.54. The lowest BCUT2D eigenvalue weighted by molar-refractivity contribution is 0.0922. The molecule has 0 fully saturated rings. The SMILES string of the molecule is Cc1ccc(Oc2ncc(C(=O)NC(C)CO)cc2Br)cc1. The number of nitrogens with zero attached hydrogens (tertiary/aromatic N) is 1. The lowest BCUT2D eigenvalue weighted by atomic mass is 10.2. The lowest BCUT2D eigenvalue weighted by Gasteiger charge is -2.12. The molecule has 0 spiro atoms. The number of carbonyl (C=O) groups is 1.